The number of furan rings is 1. The van der Waals surface area contributed by atoms with Crippen LogP contribution in [0.4, 0.5) is 4.39 Å². The monoisotopic (exact) mass is 347 g/mol. The Labute approximate surface area is 148 Å². The van der Waals surface area contributed by atoms with Crippen molar-refractivity contribution in [3.63, 3.8) is 0 Å². The van der Waals surface area contributed by atoms with Crippen LogP contribution in [0.15, 0.2) is 46.0 Å². The van der Waals surface area contributed by atoms with Gasteiger partial charge < -0.3 is 19.8 Å². The number of rotatable bonds is 8. The summed E-state index contributed by atoms with van der Waals surface area (Å²) in [6.07, 6.45) is 3.39. The molecular formula is C19H26FN3O2. The molecule has 0 fully saturated rings. The molecule has 6 heteroatoms. The third kappa shape index (κ3) is 5.81. The van der Waals surface area contributed by atoms with E-state index in [1.807, 2.05) is 25.1 Å². The molecule has 2 rings (SSSR count). The summed E-state index contributed by atoms with van der Waals surface area (Å²) in [5.74, 6) is 1.50. The number of halogens is 1. The van der Waals surface area contributed by atoms with Gasteiger partial charge in [-0.05, 0) is 43.2 Å². The Kier molecular flexibility index (Phi) is 7.32. The maximum Gasteiger partial charge on any atom is 0.191 e. The molecule has 0 saturated carbocycles. The molecule has 0 aliphatic carbocycles. The molecule has 0 amide bonds. The number of ether oxygens (including phenoxy) is 1. The average molecular weight is 347 g/mol. The van der Waals surface area contributed by atoms with E-state index in [2.05, 4.69) is 22.5 Å². The Morgan fingerprint density at radius 3 is 2.84 bits per heavy atom. The number of nitrogens with one attached hydrogen (secondary N) is 2. The van der Waals surface area contributed by atoms with Crippen LogP contribution in [-0.2, 0) is 6.42 Å². The van der Waals surface area contributed by atoms with Gasteiger partial charge in [-0.3, -0.25) is 4.99 Å². The predicted molar refractivity (Wildman–Crippen MR) is 97.5 cm³/mol. The van der Waals surface area contributed by atoms with Crippen molar-refractivity contribution >= 4 is 5.96 Å². The molecule has 1 aromatic carbocycles. The van der Waals surface area contributed by atoms with E-state index in [9.17, 15) is 4.39 Å². The number of methoxy groups -OCH3 is 1. The molecule has 2 aromatic rings. The molecule has 0 aliphatic heterocycles. The van der Waals surface area contributed by atoms with Crippen LogP contribution in [0.5, 0.6) is 5.75 Å². The van der Waals surface area contributed by atoms with Crippen LogP contribution in [-0.4, -0.2) is 26.2 Å². The van der Waals surface area contributed by atoms with Gasteiger partial charge in [-0.1, -0.05) is 13.0 Å². The van der Waals surface area contributed by atoms with Crippen molar-refractivity contribution in [2.75, 3.05) is 20.2 Å². The first kappa shape index (κ1) is 18.8. The lowest BCUT2D eigenvalue weighted by molar-refractivity contribution is 0.386. The minimum absolute atomic E-state index is 0.0906. The van der Waals surface area contributed by atoms with Gasteiger partial charge in [0.1, 0.15) is 5.76 Å². The van der Waals surface area contributed by atoms with Crippen LogP contribution < -0.4 is 15.4 Å². The van der Waals surface area contributed by atoms with E-state index >= 15 is 0 Å². The molecule has 1 heterocycles. The molecule has 0 aliphatic rings. The number of hydrogen-bond acceptors (Lipinski definition) is 3. The lowest BCUT2D eigenvalue weighted by Crippen LogP contribution is -2.40. The van der Waals surface area contributed by atoms with Crippen LogP contribution >= 0.6 is 0 Å². The summed E-state index contributed by atoms with van der Waals surface area (Å²) in [5, 5.41) is 6.60. The summed E-state index contributed by atoms with van der Waals surface area (Å²) < 4.78 is 24.2. The average Bonchev–Trinajstić information content (AvgIpc) is 3.12. The van der Waals surface area contributed by atoms with Crippen molar-refractivity contribution in [3.8, 4) is 5.75 Å². The van der Waals surface area contributed by atoms with Gasteiger partial charge in [0.15, 0.2) is 17.5 Å². The van der Waals surface area contributed by atoms with Crippen molar-refractivity contribution in [1.29, 1.82) is 0 Å². The molecular weight excluding hydrogens is 321 g/mol. The quantitative estimate of drug-likeness (QED) is 0.565. The number of guanidine groups is 1. The molecule has 136 valence electrons. The summed E-state index contributed by atoms with van der Waals surface area (Å²) in [6.45, 7) is 5.47. The smallest absolute Gasteiger partial charge is 0.191 e. The van der Waals surface area contributed by atoms with Gasteiger partial charge in [0, 0.05) is 19.5 Å². The van der Waals surface area contributed by atoms with E-state index in [4.69, 9.17) is 9.15 Å². The highest BCUT2D eigenvalue weighted by Crippen LogP contribution is 2.21. The summed E-state index contributed by atoms with van der Waals surface area (Å²) in [7, 11) is 1.46. The van der Waals surface area contributed by atoms with E-state index in [-0.39, 0.29) is 17.6 Å². The Morgan fingerprint density at radius 2 is 2.20 bits per heavy atom. The van der Waals surface area contributed by atoms with Gasteiger partial charge in [-0.2, -0.15) is 0 Å². The highest BCUT2D eigenvalue weighted by molar-refractivity contribution is 5.80. The molecule has 1 aromatic heterocycles. The fraction of sp³-hybridized carbons (Fsp3) is 0.421. The van der Waals surface area contributed by atoms with E-state index < -0.39 is 0 Å². The standard InChI is InChI=1S/C19H26FN3O2/c1-4-10-21-19(22-11-9-16-6-5-12-25-16)23-14(2)15-7-8-18(24-3)17(20)13-15/h5-8,12-14H,4,9-11H2,1-3H3,(H2,21,22,23). The normalized spacial score (nSPS) is 12.7. The van der Waals surface area contributed by atoms with Gasteiger partial charge in [-0.25, -0.2) is 4.39 Å². The highest BCUT2D eigenvalue weighted by atomic mass is 19.1. The largest absolute Gasteiger partial charge is 0.494 e. The second kappa shape index (κ2) is 9.71. The molecule has 0 spiro atoms. The molecule has 0 bridgehead atoms. The van der Waals surface area contributed by atoms with Gasteiger partial charge in [0.2, 0.25) is 0 Å². The first-order valence-electron chi connectivity index (χ1n) is 8.54. The molecule has 0 radical (unpaired) electrons. The Hall–Kier alpha value is -2.50. The number of nitrogens with zero attached hydrogens (tertiary/aromatic N) is 1. The molecule has 25 heavy (non-hydrogen) atoms. The lowest BCUT2D eigenvalue weighted by atomic mass is 10.1. The van der Waals surface area contributed by atoms with Crippen molar-refractivity contribution < 1.29 is 13.5 Å². The fourth-order valence-electron chi connectivity index (χ4n) is 2.38. The molecule has 2 N–H and O–H groups in total. The lowest BCUT2D eigenvalue weighted by Gasteiger charge is -2.19. The van der Waals surface area contributed by atoms with Gasteiger partial charge in [0.05, 0.1) is 19.4 Å². The minimum atomic E-state index is -0.369. The zero-order valence-electron chi connectivity index (χ0n) is 15.0. The van der Waals surface area contributed by atoms with Crippen LogP contribution in [0.2, 0.25) is 0 Å². The summed E-state index contributed by atoms with van der Waals surface area (Å²) in [4.78, 5) is 4.53. The third-order valence-corrected chi connectivity index (χ3v) is 3.77. The van der Waals surface area contributed by atoms with E-state index in [0.29, 0.717) is 12.5 Å². The summed E-state index contributed by atoms with van der Waals surface area (Å²) in [5.41, 5.74) is 0.829. The molecule has 1 atom stereocenters. The van der Waals surface area contributed by atoms with Gasteiger partial charge in [0.25, 0.3) is 0 Å². The number of hydrogen-bond donors (Lipinski definition) is 2. The number of aliphatic imine (C=N–C) groups is 1. The van der Waals surface area contributed by atoms with E-state index in [0.717, 1.165) is 30.7 Å². The second-order valence-corrected chi connectivity index (χ2v) is 5.75. The minimum Gasteiger partial charge on any atom is -0.494 e. The van der Waals surface area contributed by atoms with Crippen molar-refractivity contribution in [2.45, 2.75) is 32.7 Å². The SMILES string of the molecule is CCCN=C(NCCc1ccco1)NC(C)c1ccc(OC)c(F)c1. The zero-order valence-corrected chi connectivity index (χ0v) is 15.0. The summed E-state index contributed by atoms with van der Waals surface area (Å²) >= 11 is 0. The van der Waals surface area contributed by atoms with Crippen LogP contribution in [0.3, 0.4) is 0 Å². The van der Waals surface area contributed by atoms with Crippen molar-refractivity contribution in [3.05, 3.63) is 53.7 Å². The van der Waals surface area contributed by atoms with Crippen LogP contribution in [0.25, 0.3) is 0 Å². The van der Waals surface area contributed by atoms with E-state index in [1.54, 1.807) is 12.3 Å². The van der Waals surface area contributed by atoms with Gasteiger partial charge >= 0.3 is 0 Å². The first-order chi connectivity index (χ1) is 12.1. The molecule has 5 nitrogen and oxygen atoms in total. The van der Waals surface area contributed by atoms with Crippen LogP contribution in [0.1, 0.15) is 37.6 Å². The topological polar surface area (TPSA) is 58.8 Å². The Balaban J connectivity index is 1.96. The molecule has 0 saturated heterocycles. The first-order valence-corrected chi connectivity index (χ1v) is 8.54. The predicted octanol–water partition coefficient (Wildman–Crippen LogP) is 3.68. The van der Waals surface area contributed by atoms with Crippen LogP contribution in [0, 0.1) is 5.82 Å². The number of benzene rings is 1. The Morgan fingerprint density at radius 1 is 1.36 bits per heavy atom. The maximum absolute atomic E-state index is 13.9. The zero-order chi connectivity index (χ0) is 18.1. The van der Waals surface area contributed by atoms with Crippen molar-refractivity contribution in [2.24, 2.45) is 4.99 Å². The summed E-state index contributed by atoms with van der Waals surface area (Å²) in [6, 6.07) is 8.69. The Bertz CT molecular complexity index is 671. The highest BCUT2D eigenvalue weighted by Gasteiger charge is 2.11. The fourth-order valence-corrected chi connectivity index (χ4v) is 2.38. The van der Waals surface area contributed by atoms with Gasteiger partial charge in [-0.15, -0.1) is 0 Å². The molecule has 1 unspecified atom stereocenters. The maximum atomic E-state index is 13.9. The van der Waals surface area contributed by atoms with E-state index in [1.165, 1.54) is 13.2 Å². The van der Waals surface area contributed by atoms with Crippen molar-refractivity contribution in [1.82, 2.24) is 10.6 Å². The third-order valence-electron chi connectivity index (χ3n) is 3.77. The second-order valence-electron chi connectivity index (χ2n) is 5.75.